The zero-order chi connectivity index (χ0) is 35.1. The summed E-state index contributed by atoms with van der Waals surface area (Å²) in [6, 6.07) is 5.93. The van der Waals surface area contributed by atoms with Crippen LogP contribution in [0.5, 0.6) is 0 Å². The molecule has 0 amide bonds. The van der Waals surface area contributed by atoms with Crippen molar-refractivity contribution >= 4 is 56.5 Å². The Morgan fingerprint density at radius 1 is 1.16 bits per heavy atom. The molecule has 260 valence electrons. The van der Waals surface area contributed by atoms with E-state index in [-0.39, 0.29) is 30.7 Å². The number of nitrogens with zero attached hydrogens (tertiary/aromatic N) is 4. The normalized spacial score (nSPS) is 18.0. The van der Waals surface area contributed by atoms with Crippen molar-refractivity contribution in [2.75, 3.05) is 36.7 Å². The number of cyclic esters (lactones) is 1. The average Bonchev–Trinajstić information content (AvgIpc) is 3.45. The Morgan fingerprint density at radius 2 is 1.96 bits per heavy atom. The van der Waals surface area contributed by atoms with Crippen molar-refractivity contribution in [3.05, 3.63) is 51.3 Å². The molecule has 0 saturated carbocycles. The van der Waals surface area contributed by atoms with Gasteiger partial charge in [-0.3, -0.25) is 9.59 Å². The van der Waals surface area contributed by atoms with Crippen LogP contribution in [0.4, 0.5) is 16.2 Å². The van der Waals surface area contributed by atoms with E-state index in [9.17, 15) is 27.6 Å². The number of rotatable bonds is 12. The van der Waals surface area contributed by atoms with Crippen molar-refractivity contribution in [3.63, 3.8) is 0 Å². The van der Waals surface area contributed by atoms with Gasteiger partial charge in [0.2, 0.25) is 5.60 Å². The van der Waals surface area contributed by atoms with Crippen molar-refractivity contribution in [1.29, 1.82) is 0 Å². The minimum absolute atomic E-state index is 0.114. The first-order chi connectivity index (χ1) is 23.4. The third-order valence-corrected chi connectivity index (χ3v) is 10.7. The van der Waals surface area contributed by atoms with Crippen LogP contribution in [0, 0.1) is 0 Å². The highest BCUT2D eigenvalue weighted by atomic mass is 32.2. The Labute approximate surface area is 281 Å². The van der Waals surface area contributed by atoms with Crippen LogP contribution in [-0.4, -0.2) is 80.2 Å². The smallest absolute Gasteiger partial charge is 0.468 e. The van der Waals surface area contributed by atoms with Gasteiger partial charge in [-0.15, -0.1) is 0 Å². The number of methoxy groups -OCH3 is 1. The fourth-order valence-corrected chi connectivity index (χ4v) is 7.75. The molecule has 15 nitrogen and oxygen atoms in total. The predicted molar refractivity (Wildman–Crippen MR) is 178 cm³/mol. The first-order valence-corrected chi connectivity index (χ1v) is 17.9. The van der Waals surface area contributed by atoms with Crippen LogP contribution < -0.4 is 16.2 Å². The molecular formula is C33H37N5O10S. The van der Waals surface area contributed by atoms with Crippen LogP contribution in [0.15, 0.2) is 34.1 Å². The van der Waals surface area contributed by atoms with Crippen molar-refractivity contribution in [2.24, 2.45) is 10.7 Å². The molecule has 0 fully saturated rings. The zero-order valence-electron chi connectivity index (χ0n) is 27.4. The quantitative estimate of drug-likeness (QED) is 0.129. The summed E-state index contributed by atoms with van der Waals surface area (Å²) in [5.41, 5.74) is 7.65. The maximum atomic E-state index is 14.1. The zero-order valence-corrected chi connectivity index (χ0v) is 28.2. The van der Waals surface area contributed by atoms with Crippen LogP contribution in [0.1, 0.15) is 56.2 Å². The van der Waals surface area contributed by atoms with Gasteiger partial charge >= 0.3 is 18.1 Å². The summed E-state index contributed by atoms with van der Waals surface area (Å²) < 4.78 is 46.9. The highest BCUT2D eigenvalue weighted by molar-refractivity contribution is 7.91. The molecule has 3 aliphatic heterocycles. The van der Waals surface area contributed by atoms with Gasteiger partial charge in [-0.1, -0.05) is 32.8 Å². The monoisotopic (exact) mass is 695 g/mol. The summed E-state index contributed by atoms with van der Waals surface area (Å²) in [6.45, 7) is 3.71. The number of carbonyl (C=O) groups excluding carboxylic acids is 3. The van der Waals surface area contributed by atoms with E-state index in [4.69, 9.17) is 24.9 Å². The van der Waals surface area contributed by atoms with Crippen LogP contribution >= 0.6 is 0 Å². The van der Waals surface area contributed by atoms with Gasteiger partial charge in [0.1, 0.15) is 19.3 Å². The average molecular weight is 696 g/mol. The molecule has 2 N–H and O–H groups in total. The van der Waals surface area contributed by atoms with Gasteiger partial charge in [0.15, 0.2) is 9.84 Å². The molecule has 3 aromatic rings. The molecule has 3 aliphatic rings. The molecule has 49 heavy (non-hydrogen) atoms. The van der Waals surface area contributed by atoms with Gasteiger partial charge in [0, 0.05) is 17.7 Å². The molecular weight excluding hydrogens is 658 g/mol. The van der Waals surface area contributed by atoms with E-state index in [1.807, 2.05) is 24.5 Å². The van der Waals surface area contributed by atoms with Crippen LogP contribution in [0.25, 0.3) is 22.3 Å². The standard InChI is InChI=1S/C33H37N5O10S/c1-4-6-7-11-37-18-35-23-9-8-10-24-26(23)28(37)19-15-38-25(27(19)36-24)14-21-20(29(38)39)16-47-31(41)33(21,5-2)48-32(42)46-12-13-49(43,44)17-22(34)30(40)45-3/h8-10,14,18,22H,4-7,11-13,15-17,34H2,1-3H3/t22-,33-/m0/s1. The Bertz CT molecular complexity index is 2060. The summed E-state index contributed by atoms with van der Waals surface area (Å²) >= 11 is 0. The van der Waals surface area contributed by atoms with E-state index >= 15 is 0 Å². The van der Waals surface area contributed by atoms with Crippen molar-refractivity contribution in [3.8, 4) is 11.4 Å². The second-order valence-corrected chi connectivity index (χ2v) is 14.3. The first kappa shape index (κ1) is 34.0. The lowest BCUT2D eigenvalue weighted by molar-refractivity contribution is -0.175. The molecule has 0 radical (unpaired) electrons. The van der Waals surface area contributed by atoms with Crippen molar-refractivity contribution in [2.45, 2.75) is 64.3 Å². The SMILES string of the molecule is CCCCCN1C=Nc2cccc3nc4c(c1c23)Cn1c-4cc2c(c1=O)COC(=O)[C@@]2(CC)OC(=O)OCCS(=O)(=O)C[C@H](N)C(=O)OC. The van der Waals surface area contributed by atoms with E-state index in [0.717, 1.165) is 55.2 Å². The lowest BCUT2D eigenvalue weighted by Gasteiger charge is -2.35. The number of hydrogen-bond acceptors (Lipinski definition) is 14. The first-order valence-electron chi connectivity index (χ1n) is 16.1. The molecule has 0 saturated heterocycles. The molecule has 2 atom stereocenters. The Kier molecular flexibility index (Phi) is 9.19. The van der Waals surface area contributed by atoms with Gasteiger partial charge < -0.3 is 34.1 Å². The van der Waals surface area contributed by atoms with E-state index in [1.165, 1.54) is 0 Å². The van der Waals surface area contributed by atoms with E-state index < -0.39 is 63.2 Å². The number of aromatic nitrogens is 2. The minimum atomic E-state index is -3.93. The number of hydrogen-bond donors (Lipinski definition) is 1. The number of sulfone groups is 1. The van der Waals surface area contributed by atoms with Gasteiger partial charge in [-0.05, 0) is 31.0 Å². The molecule has 16 heteroatoms. The second-order valence-electron chi connectivity index (χ2n) is 12.1. The summed E-state index contributed by atoms with van der Waals surface area (Å²) in [7, 11) is -2.85. The molecule has 1 aromatic carbocycles. The highest BCUT2D eigenvalue weighted by Crippen LogP contribution is 2.47. The largest absolute Gasteiger partial charge is 0.509 e. The number of nitrogens with two attached hydrogens (primary N) is 1. The summed E-state index contributed by atoms with van der Waals surface area (Å²) in [6.07, 6.45) is 3.41. The molecule has 0 bridgehead atoms. The summed E-state index contributed by atoms with van der Waals surface area (Å²) in [4.78, 5) is 63.7. The van der Waals surface area contributed by atoms with Crippen LogP contribution in [0.3, 0.4) is 0 Å². The Morgan fingerprint density at radius 3 is 2.69 bits per heavy atom. The van der Waals surface area contributed by atoms with E-state index in [0.29, 0.717) is 16.9 Å². The molecule has 0 unspecified atom stereocenters. The fraction of sp³-hybridized carbons (Fsp3) is 0.455. The van der Waals surface area contributed by atoms with Crippen molar-refractivity contribution < 1.29 is 41.7 Å². The molecule has 2 aromatic heterocycles. The van der Waals surface area contributed by atoms with Gasteiger partial charge in [-0.2, -0.15) is 0 Å². The number of anilines is 1. The number of carbonyl (C=O) groups is 3. The molecule has 5 heterocycles. The number of pyridine rings is 2. The molecule has 0 aliphatic carbocycles. The summed E-state index contributed by atoms with van der Waals surface area (Å²) in [5.74, 6) is -3.19. The Balaban J connectivity index is 1.33. The third kappa shape index (κ3) is 6.03. The maximum Gasteiger partial charge on any atom is 0.509 e. The van der Waals surface area contributed by atoms with Gasteiger partial charge in [0.05, 0.1) is 70.7 Å². The topological polar surface area (TPSA) is 199 Å². The molecule has 6 rings (SSSR count). The number of unbranched alkanes of at least 4 members (excludes halogenated alkanes) is 2. The lowest BCUT2D eigenvalue weighted by atomic mass is 9.85. The van der Waals surface area contributed by atoms with Gasteiger partial charge in [-0.25, -0.2) is 28.0 Å². The highest BCUT2D eigenvalue weighted by Gasteiger charge is 2.51. The van der Waals surface area contributed by atoms with Crippen LogP contribution in [-0.2, 0) is 57.1 Å². The Hall–Kier alpha value is -4.83. The number of benzene rings is 1. The number of ether oxygens (including phenoxy) is 4. The second kappa shape index (κ2) is 13.2. The fourth-order valence-electron chi connectivity index (χ4n) is 6.56. The molecule has 0 spiro atoms. The van der Waals surface area contributed by atoms with Crippen LogP contribution in [0.2, 0.25) is 0 Å². The maximum absolute atomic E-state index is 14.1. The number of esters is 2. The minimum Gasteiger partial charge on any atom is -0.468 e. The number of fused-ring (bicyclic) bond motifs is 5. The van der Waals surface area contributed by atoms with E-state index in [1.54, 1.807) is 17.6 Å². The van der Waals surface area contributed by atoms with Gasteiger partial charge in [0.25, 0.3) is 5.56 Å². The van der Waals surface area contributed by atoms with E-state index in [2.05, 4.69) is 21.6 Å². The number of aliphatic imine (C=N–C) groups is 1. The third-order valence-electron chi connectivity index (χ3n) is 9.07. The summed E-state index contributed by atoms with van der Waals surface area (Å²) in [5, 5.41) is 0.896. The lowest BCUT2D eigenvalue weighted by Crippen LogP contribution is -2.47. The van der Waals surface area contributed by atoms with Crippen molar-refractivity contribution in [1.82, 2.24) is 9.55 Å². The predicted octanol–water partition coefficient (Wildman–Crippen LogP) is 2.83.